The zero-order chi connectivity index (χ0) is 20.4. The van der Waals surface area contributed by atoms with Gasteiger partial charge in [0.05, 0.1) is 11.6 Å². The molecule has 7 heteroatoms. The lowest BCUT2D eigenvalue weighted by Gasteiger charge is -2.40. The highest BCUT2D eigenvalue weighted by Crippen LogP contribution is 2.31. The molecule has 1 aliphatic rings. The van der Waals surface area contributed by atoms with Crippen molar-refractivity contribution in [3.05, 3.63) is 71.0 Å². The van der Waals surface area contributed by atoms with Crippen LogP contribution < -0.4 is 4.90 Å². The van der Waals surface area contributed by atoms with Crippen LogP contribution in [-0.2, 0) is 5.54 Å². The van der Waals surface area contributed by atoms with E-state index in [0.29, 0.717) is 0 Å². The number of aromatic nitrogens is 4. The average Bonchev–Trinajstić information content (AvgIpc) is 3.21. The summed E-state index contributed by atoms with van der Waals surface area (Å²) >= 11 is 6.15. The Morgan fingerprint density at radius 1 is 0.897 bits per heavy atom. The molecule has 0 N–H and O–H groups in total. The van der Waals surface area contributed by atoms with E-state index in [1.807, 2.05) is 16.8 Å². The van der Waals surface area contributed by atoms with E-state index in [-0.39, 0.29) is 11.6 Å². The van der Waals surface area contributed by atoms with Crippen molar-refractivity contribution < 1.29 is 0 Å². The molecule has 152 valence electrons. The highest BCUT2D eigenvalue weighted by atomic mass is 35.5. The largest absolute Gasteiger partial charge is 0.369 e. The summed E-state index contributed by atoms with van der Waals surface area (Å²) in [7, 11) is 0. The van der Waals surface area contributed by atoms with Gasteiger partial charge in [0.15, 0.2) is 5.82 Å². The number of halogens is 1. The van der Waals surface area contributed by atoms with Crippen LogP contribution in [0.25, 0.3) is 0 Å². The predicted molar refractivity (Wildman–Crippen MR) is 116 cm³/mol. The number of para-hydroxylation sites is 1. The van der Waals surface area contributed by atoms with Gasteiger partial charge < -0.3 is 4.90 Å². The normalized spacial score (nSPS) is 16.8. The SMILES string of the molecule is CC(C)(C)n1nnnc1[C@@H](c1ccc(Cl)cc1)N1CCN(c2ccccc2)CC1. The van der Waals surface area contributed by atoms with Gasteiger partial charge in [-0.15, -0.1) is 5.10 Å². The maximum absolute atomic E-state index is 6.15. The van der Waals surface area contributed by atoms with Crippen LogP contribution in [0.1, 0.15) is 38.2 Å². The summed E-state index contributed by atoms with van der Waals surface area (Å²) in [6.07, 6.45) is 0. The number of piperazine rings is 1. The van der Waals surface area contributed by atoms with Crippen molar-refractivity contribution in [2.45, 2.75) is 32.4 Å². The summed E-state index contributed by atoms with van der Waals surface area (Å²) < 4.78 is 1.94. The molecule has 4 rings (SSSR count). The van der Waals surface area contributed by atoms with Gasteiger partial charge in [-0.25, -0.2) is 4.68 Å². The zero-order valence-electron chi connectivity index (χ0n) is 17.2. The third-order valence-electron chi connectivity index (χ3n) is 5.36. The van der Waals surface area contributed by atoms with Crippen molar-refractivity contribution in [2.24, 2.45) is 0 Å². The van der Waals surface area contributed by atoms with Gasteiger partial charge in [0.1, 0.15) is 0 Å². The van der Waals surface area contributed by atoms with E-state index in [0.717, 1.165) is 42.6 Å². The van der Waals surface area contributed by atoms with Crippen molar-refractivity contribution in [3.63, 3.8) is 0 Å². The molecule has 3 aromatic rings. The minimum Gasteiger partial charge on any atom is -0.369 e. The summed E-state index contributed by atoms with van der Waals surface area (Å²) in [6.45, 7) is 10.2. The number of hydrogen-bond acceptors (Lipinski definition) is 5. The van der Waals surface area contributed by atoms with Gasteiger partial charge >= 0.3 is 0 Å². The number of tetrazole rings is 1. The Kier molecular flexibility index (Phi) is 5.56. The van der Waals surface area contributed by atoms with E-state index >= 15 is 0 Å². The van der Waals surface area contributed by atoms with Gasteiger partial charge in [0, 0.05) is 36.9 Å². The maximum Gasteiger partial charge on any atom is 0.173 e. The first-order valence-corrected chi connectivity index (χ1v) is 10.4. The van der Waals surface area contributed by atoms with Gasteiger partial charge in [-0.2, -0.15) is 0 Å². The first-order valence-electron chi connectivity index (χ1n) is 10.0. The van der Waals surface area contributed by atoms with Crippen LogP contribution >= 0.6 is 11.6 Å². The van der Waals surface area contributed by atoms with Crippen LogP contribution in [0.2, 0.25) is 5.02 Å². The van der Waals surface area contributed by atoms with E-state index in [9.17, 15) is 0 Å². The fourth-order valence-corrected chi connectivity index (χ4v) is 4.01. The number of benzene rings is 2. The minimum atomic E-state index is -0.199. The molecule has 1 aliphatic heterocycles. The smallest absolute Gasteiger partial charge is 0.173 e. The van der Waals surface area contributed by atoms with Crippen molar-refractivity contribution in [2.75, 3.05) is 31.1 Å². The van der Waals surface area contributed by atoms with Gasteiger partial charge in [-0.3, -0.25) is 4.90 Å². The van der Waals surface area contributed by atoms with E-state index in [1.165, 1.54) is 5.69 Å². The van der Waals surface area contributed by atoms with E-state index in [1.54, 1.807) is 0 Å². The van der Waals surface area contributed by atoms with Crippen molar-refractivity contribution in [3.8, 4) is 0 Å². The molecular formula is C22H27ClN6. The van der Waals surface area contributed by atoms with Gasteiger partial charge in [0.25, 0.3) is 0 Å². The van der Waals surface area contributed by atoms with Crippen molar-refractivity contribution in [1.82, 2.24) is 25.1 Å². The van der Waals surface area contributed by atoms with Crippen LogP contribution in [-0.4, -0.2) is 51.3 Å². The summed E-state index contributed by atoms with van der Waals surface area (Å²) in [5.74, 6) is 0.869. The standard InChI is InChI=1S/C22H27ClN6/c1-22(2,3)29-21(24-25-26-29)20(17-9-11-18(23)12-10-17)28-15-13-27(14-16-28)19-7-5-4-6-8-19/h4-12,20H,13-16H2,1-3H3/t20-/m1/s1. The highest BCUT2D eigenvalue weighted by molar-refractivity contribution is 6.30. The Bertz CT molecular complexity index is 924. The number of anilines is 1. The van der Waals surface area contributed by atoms with Crippen molar-refractivity contribution in [1.29, 1.82) is 0 Å². The molecule has 1 atom stereocenters. The van der Waals surface area contributed by atoms with E-state index in [2.05, 4.69) is 88.6 Å². The monoisotopic (exact) mass is 410 g/mol. The molecule has 6 nitrogen and oxygen atoms in total. The average molecular weight is 411 g/mol. The number of nitrogens with zero attached hydrogens (tertiary/aromatic N) is 6. The first-order chi connectivity index (χ1) is 13.9. The first kappa shape index (κ1) is 19.9. The Hall–Kier alpha value is -2.44. The molecule has 0 unspecified atom stereocenters. The Balaban J connectivity index is 1.64. The quantitative estimate of drug-likeness (QED) is 0.650. The molecule has 2 aromatic carbocycles. The second-order valence-electron chi connectivity index (χ2n) is 8.43. The van der Waals surface area contributed by atoms with Gasteiger partial charge in [0.2, 0.25) is 0 Å². The Labute approximate surface area is 177 Å². The van der Waals surface area contributed by atoms with Gasteiger partial charge in [-0.05, 0) is 61.0 Å². The third kappa shape index (κ3) is 4.28. The molecule has 0 spiro atoms. The lowest BCUT2D eigenvalue weighted by Crippen LogP contribution is -2.48. The van der Waals surface area contributed by atoms with E-state index < -0.39 is 0 Å². The number of rotatable bonds is 4. The maximum atomic E-state index is 6.15. The Morgan fingerprint density at radius 3 is 2.17 bits per heavy atom. The molecule has 0 radical (unpaired) electrons. The molecule has 0 amide bonds. The molecular weight excluding hydrogens is 384 g/mol. The number of hydrogen-bond donors (Lipinski definition) is 0. The molecule has 1 fully saturated rings. The molecule has 0 saturated carbocycles. The van der Waals surface area contributed by atoms with Gasteiger partial charge in [-0.1, -0.05) is 41.9 Å². The molecule has 0 aliphatic carbocycles. The predicted octanol–water partition coefficient (Wildman–Crippen LogP) is 3.99. The molecule has 2 heterocycles. The summed E-state index contributed by atoms with van der Waals surface area (Å²) in [5.41, 5.74) is 2.23. The lowest BCUT2D eigenvalue weighted by atomic mass is 10.0. The minimum absolute atomic E-state index is 0.0144. The summed E-state index contributed by atoms with van der Waals surface area (Å²) in [4.78, 5) is 4.90. The lowest BCUT2D eigenvalue weighted by molar-refractivity contribution is 0.191. The third-order valence-corrected chi connectivity index (χ3v) is 5.61. The second-order valence-corrected chi connectivity index (χ2v) is 8.87. The Morgan fingerprint density at radius 2 is 1.55 bits per heavy atom. The van der Waals surface area contributed by atoms with Crippen LogP contribution in [0.4, 0.5) is 5.69 Å². The topological polar surface area (TPSA) is 50.1 Å². The van der Waals surface area contributed by atoms with Crippen molar-refractivity contribution >= 4 is 17.3 Å². The fourth-order valence-electron chi connectivity index (χ4n) is 3.89. The second kappa shape index (κ2) is 8.13. The molecule has 0 bridgehead atoms. The summed E-state index contributed by atoms with van der Waals surface area (Å²) in [5, 5.41) is 13.5. The van der Waals surface area contributed by atoms with Crippen LogP contribution in [0, 0.1) is 0 Å². The highest BCUT2D eigenvalue weighted by Gasteiger charge is 2.33. The van der Waals surface area contributed by atoms with E-state index in [4.69, 9.17) is 11.6 Å². The summed E-state index contributed by atoms with van der Waals surface area (Å²) in [6, 6.07) is 18.6. The molecule has 1 saturated heterocycles. The molecule has 1 aromatic heterocycles. The van der Waals surface area contributed by atoms with Crippen LogP contribution in [0.15, 0.2) is 54.6 Å². The fraction of sp³-hybridized carbons (Fsp3) is 0.409. The molecule has 29 heavy (non-hydrogen) atoms. The zero-order valence-corrected chi connectivity index (χ0v) is 17.9. The van der Waals surface area contributed by atoms with Crippen LogP contribution in [0.5, 0.6) is 0 Å². The van der Waals surface area contributed by atoms with Crippen LogP contribution in [0.3, 0.4) is 0 Å².